The maximum absolute atomic E-state index is 10.8. The molecule has 0 amide bonds. The number of hydrogen-bond donors (Lipinski definition) is 2. The van der Waals surface area contributed by atoms with Crippen molar-refractivity contribution >= 4 is 28.7 Å². The van der Waals surface area contributed by atoms with Crippen molar-refractivity contribution in [1.29, 1.82) is 0 Å². The fourth-order valence-electron chi connectivity index (χ4n) is 0.943. The van der Waals surface area contributed by atoms with E-state index in [1.807, 2.05) is 0 Å². The van der Waals surface area contributed by atoms with E-state index in [1.165, 1.54) is 0 Å². The van der Waals surface area contributed by atoms with Gasteiger partial charge in [0.25, 0.3) is 5.65 Å². The lowest BCUT2D eigenvalue weighted by molar-refractivity contribution is -0.389. The van der Waals surface area contributed by atoms with Crippen LogP contribution in [0.15, 0.2) is 4.79 Å². The number of aromatic amines is 2. The molecule has 0 radical (unpaired) electrons. The second kappa shape index (κ2) is 2.77. The molecule has 0 bridgehead atoms. The van der Waals surface area contributed by atoms with Gasteiger partial charge >= 0.3 is 11.5 Å². The van der Waals surface area contributed by atoms with Crippen molar-refractivity contribution in [2.45, 2.75) is 0 Å². The third-order valence-corrected chi connectivity index (χ3v) is 1.73. The Hall–Kier alpha value is -1.96. The van der Waals surface area contributed by atoms with Crippen molar-refractivity contribution in [3.05, 3.63) is 25.8 Å². The van der Waals surface area contributed by atoms with Crippen LogP contribution < -0.4 is 5.69 Å². The van der Waals surface area contributed by atoms with E-state index in [-0.39, 0.29) is 16.4 Å². The number of imidazole rings is 1. The number of halogens is 1. The molecule has 0 spiro atoms. The van der Waals surface area contributed by atoms with Gasteiger partial charge in [-0.3, -0.25) is 9.97 Å². The van der Waals surface area contributed by atoms with Crippen LogP contribution in [0.2, 0.25) is 5.15 Å². The summed E-state index contributed by atoms with van der Waals surface area (Å²) in [4.78, 5) is 32.0. The minimum absolute atomic E-state index is 0.00565. The van der Waals surface area contributed by atoms with E-state index >= 15 is 0 Å². The van der Waals surface area contributed by atoms with Gasteiger partial charge in [-0.25, -0.2) is 9.78 Å². The number of nitrogens with one attached hydrogen (secondary N) is 2. The zero-order valence-corrected chi connectivity index (χ0v) is 7.20. The van der Waals surface area contributed by atoms with E-state index in [9.17, 15) is 14.9 Å². The smallest absolute Gasteiger partial charge is 0.358 e. The highest BCUT2D eigenvalue weighted by molar-refractivity contribution is 6.31. The van der Waals surface area contributed by atoms with Crippen molar-refractivity contribution in [2.24, 2.45) is 0 Å². The Morgan fingerprint density at radius 3 is 2.43 bits per heavy atom. The van der Waals surface area contributed by atoms with Crippen LogP contribution >= 0.6 is 11.6 Å². The molecule has 2 heterocycles. The predicted molar refractivity (Wildman–Crippen MR) is 46.2 cm³/mol. The summed E-state index contributed by atoms with van der Waals surface area (Å²) >= 11 is 5.46. The van der Waals surface area contributed by atoms with Gasteiger partial charge in [0, 0.05) is 0 Å². The molecule has 2 aromatic heterocycles. The molecule has 8 nitrogen and oxygen atoms in total. The first kappa shape index (κ1) is 8.63. The number of hydrogen-bond acceptors (Lipinski definition) is 5. The van der Waals surface area contributed by atoms with E-state index in [0.717, 1.165) is 0 Å². The van der Waals surface area contributed by atoms with E-state index in [2.05, 4.69) is 19.9 Å². The molecule has 0 saturated carbocycles. The van der Waals surface area contributed by atoms with Gasteiger partial charge in [-0.05, 0) is 9.91 Å². The van der Waals surface area contributed by atoms with Gasteiger partial charge in [0.05, 0.1) is 0 Å². The molecular weight excluding hydrogens is 214 g/mol. The lowest BCUT2D eigenvalue weighted by Gasteiger charge is -1.92. The standard InChI is InChI=1S/C5H2ClN5O3/c6-1-4(11(13)14)8-3-2(7-1)9-5(12)10-3/h(H2,7,8,9,10,12). The van der Waals surface area contributed by atoms with Crippen LogP contribution in [0.5, 0.6) is 0 Å². The summed E-state index contributed by atoms with van der Waals surface area (Å²) in [5, 5.41) is 10.0. The monoisotopic (exact) mass is 215 g/mol. The molecule has 0 aliphatic heterocycles. The average molecular weight is 216 g/mol. The van der Waals surface area contributed by atoms with Crippen LogP contribution in [-0.4, -0.2) is 24.9 Å². The van der Waals surface area contributed by atoms with E-state index in [4.69, 9.17) is 11.6 Å². The quantitative estimate of drug-likeness (QED) is 0.521. The normalized spacial score (nSPS) is 10.6. The Kier molecular flexibility index (Phi) is 1.71. The van der Waals surface area contributed by atoms with Gasteiger partial charge in [0.15, 0.2) is 0 Å². The molecule has 0 saturated heterocycles. The third-order valence-electron chi connectivity index (χ3n) is 1.47. The molecule has 2 aromatic rings. The van der Waals surface area contributed by atoms with Crippen LogP contribution in [0, 0.1) is 10.1 Å². The molecule has 2 N–H and O–H groups in total. The van der Waals surface area contributed by atoms with Gasteiger partial charge in [-0.2, -0.15) is 0 Å². The molecule has 0 unspecified atom stereocenters. The fraction of sp³-hybridized carbons (Fsp3) is 0. The van der Waals surface area contributed by atoms with Gasteiger partial charge in [0.2, 0.25) is 10.8 Å². The van der Waals surface area contributed by atoms with Crippen molar-refractivity contribution in [2.75, 3.05) is 0 Å². The van der Waals surface area contributed by atoms with Crippen LogP contribution in [0.4, 0.5) is 5.82 Å². The first-order chi connectivity index (χ1) is 6.58. The second-order valence-electron chi connectivity index (χ2n) is 2.37. The van der Waals surface area contributed by atoms with Crippen LogP contribution in [0.3, 0.4) is 0 Å². The zero-order chi connectivity index (χ0) is 10.3. The highest BCUT2D eigenvalue weighted by Gasteiger charge is 2.19. The summed E-state index contributed by atoms with van der Waals surface area (Å²) in [6, 6.07) is 0. The highest BCUT2D eigenvalue weighted by atomic mass is 35.5. The topological polar surface area (TPSA) is 118 Å². The third kappa shape index (κ3) is 1.21. The van der Waals surface area contributed by atoms with Crippen molar-refractivity contribution < 1.29 is 4.92 Å². The Labute approximate surface area is 80.1 Å². The van der Waals surface area contributed by atoms with E-state index in [0.29, 0.717) is 0 Å². The van der Waals surface area contributed by atoms with E-state index < -0.39 is 16.4 Å². The number of aromatic nitrogens is 4. The maximum Gasteiger partial charge on any atom is 0.403 e. The summed E-state index contributed by atoms with van der Waals surface area (Å²) in [6.07, 6.45) is 0. The maximum atomic E-state index is 10.8. The van der Waals surface area contributed by atoms with Crippen LogP contribution in [0.1, 0.15) is 0 Å². The second-order valence-corrected chi connectivity index (χ2v) is 2.73. The van der Waals surface area contributed by atoms with Crippen molar-refractivity contribution in [3.63, 3.8) is 0 Å². The highest BCUT2D eigenvalue weighted by Crippen LogP contribution is 2.20. The number of H-pyrrole nitrogens is 2. The molecule has 0 aliphatic rings. The minimum Gasteiger partial charge on any atom is -0.358 e. The number of nitrogens with zero attached hydrogens (tertiary/aromatic N) is 3. The van der Waals surface area contributed by atoms with Gasteiger partial charge in [-0.15, -0.1) is 0 Å². The molecule has 0 fully saturated rings. The molecule has 0 atom stereocenters. The summed E-state index contributed by atoms with van der Waals surface area (Å²) in [5.74, 6) is -0.589. The van der Waals surface area contributed by atoms with Crippen LogP contribution in [0.25, 0.3) is 11.3 Å². The lowest BCUT2D eigenvalue weighted by atomic mass is 10.6. The van der Waals surface area contributed by atoms with Gasteiger partial charge in [0.1, 0.15) is 0 Å². The number of rotatable bonds is 1. The molecule has 2 rings (SSSR count). The largest absolute Gasteiger partial charge is 0.403 e. The summed E-state index contributed by atoms with van der Waals surface area (Å²) in [5.41, 5.74) is -0.451. The first-order valence-electron chi connectivity index (χ1n) is 3.38. The van der Waals surface area contributed by atoms with Crippen molar-refractivity contribution in [3.8, 4) is 0 Å². The molecule has 0 aliphatic carbocycles. The zero-order valence-electron chi connectivity index (χ0n) is 6.44. The fourth-order valence-corrected chi connectivity index (χ4v) is 1.14. The molecule has 72 valence electrons. The Balaban J connectivity index is 2.82. The molecule has 14 heavy (non-hydrogen) atoms. The molecular formula is C5H2ClN5O3. The lowest BCUT2D eigenvalue weighted by Crippen LogP contribution is -1.99. The van der Waals surface area contributed by atoms with Crippen LogP contribution in [-0.2, 0) is 0 Å². The summed E-state index contributed by atoms with van der Waals surface area (Å²) in [6.45, 7) is 0. The van der Waals surface area contributed by atoms with Crippen molar-refractivity contribution in [1.82, 2.24) is 19.9 Å². The van der Waals surface area contributed by atoms with Gasteiger partial charge < -0.3 is 10.1 Å². The average Bonchev–Trinajstić information content (AvgIpc) is 2.42. The van der Waals surface area contributed by atoms with Gasteiger partial charge in [-0.1, -0.05) is 11.6 Å². The Morgan fingerprint density at radius 1 is 1.29 bits per heavy atom. The summed E-state index contributed by atoms with van der Waals surface area (Å²) < 4.78 is 0. The predicted octanol–water partition coefficient (Wildman–Crippen LogP) is 0.208. The minimum atomic E-state index is -0.778. The molecule has 0 aromatic carbocycles. The Bertz CT molecular complexity index is 572. The first-order valence-corrected chi connectivity index (χ1v) is 3.75. The van der Waals surface area contributed by atoms with E-state index in [1.54, 1.807) is 0 Å². The number of fused-ring (bicyclic) bond motifs is 1. The Morgan fingerprint density at radius 2 is 1.86 bits per heavy atom. The SMILES string of the molecule is O=c1[nH]c2nc(Cl)c([N+](=O)[O-])nc2[nH]1. The molecule has 9 heteroatoms. The summed E-state index contributed by atoms with van der Waals surface area (Å²) in [7, 11) is 0. The number of nitro groups is 1.